The van der Waals surface area contributed by atoms with Crippen molar-refractivity contribution in [3.05, 3.63) is 52.9 Å². The lowest BCUT2D eigenvalue weighted by molar-refractivity contribution is -0.125. The van der Waals surface area contributed by atoms with Gasteiger partial charge in [0.25, 0.3) is 11.8 Å². The molecule has 0 spiro atoms. The van der Waals surface area contributed by atoms with Crippen LogP contribution >= 0.6 is 0 Å². The number of hydrogen-bond donors (Lipinski definition) is 1. The highest BCUT2D eigenvalue weighted by atomic mass is 19.3. The van der Waals surface area contributed by atoms with Gasteiger partial charge in [0.1, 0.15) is 5.69 Å². The van der Waals surface area contributed by atoms with Crippen molar-refractivity contribution in [2.24, 2.45) is 5.73 Å². The van der Waals surface area contributed by atoms with Crippen LogP contribution in [-0.4, -0.2) is 40.7 Å². The number of primary amides is 1. The van der Waals surface area contributed by atoms with Gasteiger partial charge in [0.15, 0.2) is 0 Å². The van der Waals surface area contributed by atoms with Crippen LogP contribution in [-0.2, 0) is 11.2 Å². The Bertz CT molecular complexity index is 963. The summed E-state index contributed by atoms with van der Waals surface area (Å²) < 4.78 is 28.3. The zero-order valence-corrected chi connectivity index (χ0v) is 15.4. The summed E-state index contributed by atoms with van der Waals surface area (Å²) in [6, 6.07) is 0. The standard InChI is InChI=1S/C21H21F2N3O2/c1-2-17(27)26-7-3-4-13(11-26)16-10-25-19(20(24)28)14-8-12-5-6-21(22,23)9-15(12)18(14)16/h2,4,10H,1,3,5-9,11H2,(H2,24,28). The molecule has 0 unspecified atom stereocenters. The molecule has 146 valence electrons. The molecule has 0 bridgehead atoms. The Kier molecular flexibility index (Phi) is 4.40. The Morgan fingerprint density at radius 3 is 2.86 bits per heavy atom. The minimum absolute atomic E-state index is 0.145. The van der Waals surface area contributed by atoms with Crippen molar-refractivity contribution in [3.8, 4) is 0 Å². The van der Waals surface area contributed by atoms with Crippen LogP contribution in [0.15, 0.2) is 30.5 Å². The second kappa shape index (κ2) is 6.65. The first-order valence-electron chi connectivity index (χ1n) is 9.32. The first-order chi connectivity index (χ1) is 13.3. The average Bonchev–Trinajstić information content (AvgIpc) is 3.04. The smallest absolute Gasteiger partial charge is 0.267 e. The van der Waals surface area contributed by atoms with Gasteiger partial charge in [-0.2, -0.15) is 0 Å². The Labute approximate surface area is 161 Å². The van der Waals surface area contributed by atoms with Gasteiger partial charge in [0, 0.05) is 37.7 Å². The lowest BCUT2D eigenvalue weighted by atomic mass is 9.86. The number of amides is 2. The Morgan fingerprint density at radius 1 is 1.36 bits per heavy atom. The van der Waals surface area contributed by atoms with E-state index in [1.165, 1.54) is 12.3 Å². The molecule has 0 radical (unpaired) electrons. The number of alkyl halides is 2. The Balaban J connectivity index is 1.82. The molecular weight excluding hydrogens is 364 g/mol. The van der Waals surface area contributed by atoms with Crippen LogP contribution in [0.4, 0.5) is 8.78 Å². The number of allylic oxidation sites excluding steroid dienone is 2. The molecule has 0 aromatic carbocycles. The highest BCUT2D eigenvalue weighted by Crippen LogP contribution is 2.49. The Hall–Kier alpha value is -2.83. The number of pyridine rings is 1. The minimum Gasteiger partial charge on any atom is -0.364 e. The summed E-state index contributed by atoms with van der Waals surface area (Å²) in [5.41, 5.74) is 10.1. The number of nitrogens with zero attached hydrogens (tertiary/aromatic N) is 2. The maximum absolute atomic E-state index is 14.2. The van der Waals surface area contributed by atoms with Crippen molar-refractivity contribution in [3.63, 3.8) is 0 Å². The molecule has 2 N–H and O–H groups in total. The van der Waals surface area contributed by atoms with Gasteiger partial charge in [-0.15, -0.1) is 0 Å². The molecule has 7 heteroatoms. The van der Waals surface area contributed by atoms with E-state index in [-0.39, 0.29) is 24.4 Å². The van der Waals surface area contributed by atoms with Crippen LogP contribution in [0, 0.1) is 0 Å². The number of carbonyl (C=O) groups excluding carboxylic acids is 2. The highest BCUT2D eigenvalue weighted by molar-refractivity contribution is 5.98. The second-order valence-corrected chi connectivity index (χ2v) is 7.51. The molecule has 3 aliphatic rings. The fraction of sp³-hybridized carbons (Fsp3) is 0.381. The van der Waals surface area contributed by atoms with E-state index in [4.69, 9.17) is 5.73 Å². The largest absolute Gasteiger partial charge is 0.364 e. The molecule has 0 fully saturated rings. The number of rotatable bonds is 3. The molecule has 1 aromatic heterocycles. The number of hydrogen-bond acceptors (Lipinski definition) is 3. The summed E-state index contributed by atoms with van der Waals surface area (Å²) in [6.45, 7) is 4.46. The second-order valence-electron chi connectivity index (χ2n) is 7.51. The topological polar surface area (TPSA) is 76.3 Å². The summed E-state index contributed by atoms with van der Waals surface area (Å²) in [6.07, 6.45) is 5.68. The van der Waals surface area contributed by atoms with Crippen molar-refractivity contribution < 1.29 is 18.4 Å². The zero-order chi connectivity index (χ0) is 20.1. The summed E-state index contributed by atoms with van der Waals surface area (Å²) >= 11 is 0. The SMILES string of the molecule is C=CC(=O)N1CCC=C(c2cnc(C(N)=O)c3c2C2=C(CCC(F)(F)C2)C3)C1. The third kappa shape index (κ3) is 3.04. The fourth-order valence-electron chi connectivity index (χ4n) is 4.41. The van der Waals surface area contributed by atoms with Crippen LogP contribution in [0.1, 0.15) is 52.9 Å². The van der Waals surface area contributed by atoms with Gasteiger partial charge in [-0.05, 0) is 47.6 Å². The van der Waals surface area contributed by atoms with E-state index in [0.29, 0.717) is 54.6 Å². The van der Waals surface area contributed by atoms with Gasteiger partial charge < -0.3 is 10.6 Å². The number of fused-ring (bicyclic) bond motifs is 2. The van der Waals surface area contributed by atoms with Crippen LogP contribution in [0.2, 0.25) is 0 Å². The van der Waals surface area contributed by atoms with Gasteiger partial charge in [0.05, 0.1) is 0 Å². The van der Waals surface area contributed by atoms with Crippen molar-refractivity contribution >= 4 is 23.0 Å². The number of carbonyl (C=O) groups is 2. The lowest BCUT2D eigenvalue weighted by Crippen LogP contribution is -2.34. The molecule has 2 aliphatic carbocycles. The van der Waals surface area contributed by atoms with Crippen LogP contribution < -0.4 is 5.73 Å². The quantitative estimate of drug-likeness (QED) is 0.813. The fourth-order valence-corrected chi connectivity index (χ4v) is 4.41. The molecule has 0 atom stereocenters. The van der Waals surface area contributed by atoms with E-state index in [2.05, 4.69) is 11.6 Å². The van der Waals surface area contributed by atoms with Gasteiger partial charge in [0.2, 0.25) is 5.91 Å². The number of nitrogens with two attached hydrogens (primary N) is 1. The van der Waals surface area contributed by atoms with Gasteiger partial charge in [-0.3, -0.25) is 14.6 Å². The molecule has 4 rings (SSSR count). The van der Waals surface area contributed by atoms with Crippen molar-refractivity contribution in [1.29, 1.82) is 0 Å². The Morgan fingerprint density at radius 2 is 2.14 bits per heavy atom. The van der Waals surface area contributed by atoms with Gasteiger partial charge >= 0.3 is 0 Å². The first-order valence-corrected chi connectivity index (χ1v) is 9.32. The molecular formula is C21H21F2N3O2. The van der Waals surface area contributed by atoms with Crippen molar-refractivity contribution in [2.75, 3.05) is 13.1 Å². The average molecular weight is 385 g/mol. The molecule has 2 amide bonds. The van der Waals surface area contributed by atoms with Crippen LogP contribution in [0.3, 0.4) is 0 Å². The monoisotopic (exact) mass is 385 g/mol. The number of aromatic nitrogens is 1. The molecule has 5 nitrogen and oxygen atoms in total. The third-order valence-corrected chi connectivity index (χ3v) is 5.74. The minimum atomic E-state index is -2.76. The van der Waals surface area contributed by atoms with E-state index in [9.17, 15) is 18.4 Å². The van der Waals surface area contributed by atoms with E-state index >= 15 is 0 Å². The normalized spacial score (nSPS) is 20.4. The van der Waals surface area contributed by atoms with E-state index in [1.54, 1.807) is 4.90 Å². The molecule has 2 heterocycles. The molecule has 0 saturated heterocycles. The maximum atomic E-state index is 14.2. The summed E-state index contributed by atoms with van der Waals surface area (Å²) in [5.74, 6) is -3.59. The summed E-state index contributed by atoms with van der Waals surface area (Å²) in [4.78, 5) is 29.8. The molecule has 1 aliphatic heterocycles. The molecule has 0 saturated carbocycles. The summed E-state index contributed by atoms with van der Waals surface area (Å²) in [5, 5.41) is 0. The predicted octanol–water partition coefficient (Wildman–Crippen LogP) is 3.11. The van der Waals surface area contributed by atoms with E-state index in [0.717, 1.165) is 11.1 Å². The van der Waals surface area contributed by atoms with Gasteiger partial charge in [-0.1, -0.05) is 18.2 Å². The maximum Gasteiger partial charge on any atom is 0.267 e. The zero-order valence-electron chi connectivity index (χ0n) is 15.4. The first kappa shape index (κ1) is 18.5. The van der Waals surface area contributed by atoms with E-state index < -0.39 is 11.8 Å². The van der Waals surface area contributed by atoms with Gasteiger partial charge in [-0.25, -0.2) is 8.78 Å². The third-order valence-electron chi connectivity index (χ3n) is 5.74. The molecule has 28 heavy (non-hydrogen) atoms. The molecule has 1 aromatic rings. The number of halogens is 2. The van der Waals surface area contributed by atoms with Crippen LogP contribution in [0.25, 0.3) is 11.1 Å². The van der Waals surface area contributed by atoms with E-state index in [1.807, 2.05) is 6.08 Å². The van der Waals surface area contributed by atoms with Crippen molar-refractivity contribution in [1.82, 2.24) is 9.88 Å². The predicted molar refractivity (Wildman–Crippen MR) is 102 cm³/mol. The summed E-state index contributed by atoms with van der Waals surface area (Å²) in [7, 11) is 0. The van der Waals surface area contributed by atoms with Crippen LogP contribution in [0.5, 0.6) is 0 Å². The highest BCUT2D eigenvalue weighted by Gasteiger charge is 2.41. The van der Waals surface area contributed by atoms with Crippen molar-refractivity contribution in [2.45, 2.75) is 38.0 Å². The lowest BCUT2D eigenvalue weighted by Gasteiger charge is -2.29.